The number of benzene rings is 3. The van der Waals surface area contributed by atoms with Crippen LogP contribution in [0.4, 0.5) is 0 Å². The Hall–Kier alpha value is -2.95. The SMILES string of the molecule is C[C@](OCc1ccccc1)(C(=O)Oc1ccccc1)[C@H](O)c1ccccc1. The second-order valence-electron chi connectivity index (χ2n) is 6.40. The highest BCUT2D eigenvalue weighted by atomic mass is 16.6. The molecule has 3 aromatic carbocycles. The average molecular weight is 362 g/mol. The first-order chi connectivity index (χ1) is 13.1. The number of hydrogen-bond acceptors (Lipinski definition) is 4. The summed E-state index contributed by atoms with van der Waals surface area (Å²) in [4.78, 5) is 13.0. The van der Waals surface area contributed by atoms with Crippen molar-refractivity contribution in [3.05, 3.63) is 102 Å². The van der Waals surface area contributed by atoms with Gasteiger partial charge in [0.25, 0.3) is 0 Å². The number of para-hydroxylation sites is 1. The second kappa shape index (κ2) is 8.62. The number of aliphatic hydroxyl groups is 1. The van der Waals surface area contributed by atoms with Gasteiger partial charge in [-0.05, 0) is 30.2 Å². The molecule has 27 heavy (non-hydrogen) atoms. The van der Waals surface area contributed by atoms with Crippen molar-refractivity contribution >= 4 is 5.97 Å². The molecule has 0 aliphatic rings. The minimum atomic E-state index is -1.58. The van der Waals surface area contributed by atoms with E-state index in [2.05, 4.69) is 0 Å². The van der Waals surface area contributed by atoms with Crippen molar-refractivity contribution in [1.29, 1.82) is 0 Å². The molecule has 0 aromatic heterocycles. The van der Waals surface area contributed by atoms with Crippen molar-refractivity contribution in [3.8, 4) is 5.75 Å². The molecule has 0 spiro atoms. The van der Waals surface area contributed by atoms with E-state index >= 15 is 0 Å². The smallest absolute Gasteiger partial charge is 0.346 e. The van der Waals surface area contributed by atoms with Crippen LogP contribution in [0.25, 0.3) is 0 Å². The third-order valence-electron chi connectivity index (χ3n) is 4.38. The van der Waals surface area contributed by atoms with Crippen LogP contribution in [0.1, 0.15) is 24.2 Å². The van der Waals surface area contributed by atoms with E-state index in [-0.39, 0.29) is 6.61 Å². The molecule has 4 nitrogen and oxygen atoms in total. The van der Waals surface area contributed by atoms with Crippen molar-refractivity contribution in [2.24, 2.45) is 0 Å². The summed E-state index contributed by atoms with van der Waals surface area (Å²) in [5, 5.41) is 10.9. The maximum Gasteiger partial charge on any atom is 0.346 e. The van der Waals surface area contributed by atoms with Crippen LogP contribution in [0.2, 0.25) is 0 Å². The van der Waals surface area contributed by atoms with E-state index in [1.807, 2.05) is 42.5 Å². The van der Waals surface area contributed by atoms with E-state index in [1.165, 1.54) is 0 Å². The average Bonchev–Trinajstić information content (AvgIpc) is 2.73. The van der Waals surface area contributed by atoms with Crippen molar-refractivity contribution in [3.63, 3.8) is 0 Å². The molecule has 0 radical (unpaired) electrons. The minimum Gasteiger partial charge on any atom is -0.424 e. The van der Waals surface area contributed by atoms with E-state index in [0.717, 1.165) is 5.56 Å². The standard InChI is InChI=1S/C23H22O4/c1-23(21(24)19-13-7-3-8-14-19,26-17-18-11-5-2-6-12-18)22(25)27-20-15-9-4-10-16-20/h2-16,21,24H,17H2,1H3/t21-,23-/m1/s1. The van der Waals surface area contributed by atoms with Gasteiger partial charge in [0.1, 0.15) is 11.9 Å². The van der Waals surface area contributed by atoms with Gasteiger partial charge in [-0.2, -0.15) is 0 Å². The van der Waals surface area contributed by atoms with Crippen LogP contribution in [0, 0.1) is 0 Å². The van der Waals surface area contributed by atoms with Crippen molar-refractivity contribution < 1.29 is 19.4 Å². The summed E-state index contributed by atoms with van der Waals surface area (Å²) in [7, 11) is 0. The summed E-state index contributed by atoms with van der Waals surface area (Å²) in [6.07, 6.45) is -1.18. The van der Waals surface area contributed by atoms with Gasteiger partial charge in [0.2, 0.25) is 0 Å². The molecule has 0 aliphatic carbocycles. The summed E-state index contributed by atoms with van der Waals surface area (Å²) in [5.41, 5.74) is -0.0953. The Bertz CT molecular complexity index is 849. The number of rotatable bonds is 7. The molecule has 0 fully saturated rings. The Morgan fingerprint density at radius 3 is 2.00 bits per heavy atom. The maximum atomic E-state index is 13.0. The highest BCUT2D eigenvalue weighted by Gasteiger charge is 2.44. The fourth-order valence-corrected chi connectivity index (χ4v) is 2.71. The summed E-state index contributed by atoms with van der Waals surface area (Å²) in [6.45, 7) is 1.73. The quantitative estimate of drug-likeness (QED) is 0.503. The van der Waals surface area contributed by atoms with E-state index in [9.17, 15) is 9.90 Å². The lowest BCUT2D eigenvalue weighted by molar-refractivity contribution is -0.180. The lowest BCUT2D eigenvalue weighted by Crippen LogP contribution is -2.47. The molecule has 138 valence electrons. The third kappa shape index (κ3) is 4.61. The molecule has 0 bridgehead atoms. The van der Waals surface area contributed by atoms with Crippen LogP contribution in [-0.2, 0) is 16.1 Å². The van der Waals surface area contributed by atoms with E-state index < -0.39 is 17.7 Å². The van der Waals surface area contributed by atoms with Crippen molar-refractivity contribution in [2.45, 2.75) is 25.2 Å². The number of aliphatic hydroxyl groups excluding tert-OH is 1. The minimum absolute atomic E-state index is 0.172. The molecule has 4 heteroatoms. The van der Waals surface area contributed by atoms with Crippen LogP contribution in [-0.4, -0.2) is 16.7 Å². The summed E-state index contributed by atoms with van der Waals surface area (Å²) < 4.78 is 11.4. The predicted octanol–water partition coefficient (Wildman–Crippen LogP) is 4.30. The molecular weight excluding hydrogens is 340 g/mol. The summed E-state index contributed by atoms with van der Waals surface area (Å²) in [6, 6.07) is 27.2. The molecule has 0 amide bonds. The number of ether oxygens (including phenoxy) is 2. The number of hydrogen-bond donors (Lipinski definition) is 1. The molecule has 1 N–H and O–H groups in total. The zero-order valence-corrected chi connectivity index (χ0v) is 15.1. The van der Waals surface area contributed by atoms with Crippen LogP contribution in [0.3, 0.4) is 0 Å². The maximum absolute atomic E-state index is 13.0. The third-order valence-corrected chi connectivity index (χ3v) is 4.38. The van der Waals surface area contributed by atoms with Crippen LogP contribution in [0.5, 0.6) is 5.75 Å². The van der Waals surface area contributed by atoms with Gasteiger partial charge < -0.3 is 14.6 Å². The zero-order chi connectivity index (χ0) is 19.1. The van der Waals surface area contributed by atoms with Gasteiger partial charge in [0, 0.05) is 0 Å². The van der Waals surface area contributed by atoms with Gasteiger partial charge in [0.15, 0.2) is 5.60 Å². The van der Waals surface area contributed by atoms with Gasteiger partial charge in [-0.25, -0.2) is 4.79 Å². The molecule has 0 saturated carbocycles. The van der Waals surface area contributed by atoms with Crippen molar-refractivity contribution in [1.82, 2.24) is 0 Å². The molecule has 2 atom stereocenters. The Kier molecular flexibility index (Phi) is 6.01. The van der Waals surface area contributed by atoms with Gasteiger partial charge in [-0.1, -0.05) is 78.9 Å². The van der Waals surface area contributed by atoms with E-state index in [0.29, 0.717) is 11.3 Å². The van der Waals surface area contributed by atoms with Gasteiger partial charge in [-0.3, -0.25) is 0 Å². The van der Waals surface area contributed by atoms with E-state index in [1.54, 1.807) is 55.5 Å². The lowest BCUT2D eigenvalue weighted by atomic mass is 9.92. The first-order valence-electron chi connectivity index (χ1n) is 8.78. The van der Waals surface area contributed by atoms with Crippen LogP contribution in [0.15, 0.2) is 91.0 Å². The molecular formula is C23H22O4. The largest absolute Gasteiger partial charge is 0.424 e. The molecule has 3 rings (SSSR count). The molecule has 0 saturated heterocycles. The lowest BCUT2D eigenvalue weighted by Gasteiger charge is -2.32. The first kappa shape index (κ1) is 18.8. The first-order valence-corrected chi connectivity index (χ1v) is 8.78. The zero-order valence-electron chi connectivity index (χ0n) is 15.1. The summed E-state index contributed by atoms with van der Waals surface area (Å²) in [5.74, 6) is -0.252. The fourth-order valence-electron chi connectivity index (χ4n) is 2.71. The number of esters is 1. The Balaban J connectivity index is 1.86. The van der Waals surface area contributed by atoms with E-state index in [4.69, 9.17) is 9.47 Å². The molecule has 0 aliphatic heterocycles. The van der Waals surface area contributed by atoms with Gasteiger partial charge >= 0.3 is 5.97 Å². The van der Waals surface area contributed by atoms with Gasteiger partial charge in [0.05, 0.1) is 6.61 Å². The second-order valence-corrected chi connectivity index (χ2v) is 6.40. The highest BCUT2D eigenvalue weighted by molar-refractivity contribution is 5.82. The normalized spacial score (nSPS) is 14.1. The number of carbonyl (C=O) groups is 1. The topological polar surface area (TPSA) is 55.8 Å². The Morgan fingerprint density at radius 1 is 0.889 bits per heavy atom. The van der Waals surface area contributed by atoms with Gasteiger partial charge in [-0.15, -0.1) is 0 Å². The van der Waals surface area contributed by atoms with Crippen LogP contribution < -0.4 is 4.74 Å². The molecule has 0 heterocycles. The molecule has 3 aromatic rings. The summed E-state index contributed by atoms with van der Waals surface area (Å²) >= 11 is 0. The monoisotopic (exact) mass is 362 g/mol. The highest BCUT2D eigenvalue weighted by Crippen LogP contribution is 2.32. The Labute approximate surface area is 159 Å². The Morgan fingerprint density at radius 2 is 1.41 bits per heavy atom. The predicted molar refractivity (Wildman–Crippen MR) is 103 cm³/mol. The van der Waals surface area contributed by atoms with Crippen LogP contribution >= 0.6 is 0 Å². The molecule has 0 unspecified atom stereocenters. The van der Waals surface area contributed by atoms with Crippen molar-refractivity contribution in [2.75, 3.05) is 0 Å². The number of carbonyl (C=O) groups excluding carboxylic acids is 1. The fraction of sp³-hybridized carbons (Fsp3) is 0.174.